The summed E-state index contributed by atoms with van der Waals surface area (Å²) in [4.78, 5) is 16.1. The molecule has 0 atom stereocenters. The van der Waals surface area contributed by atoms with Crippen molar-refractivity contribution in [3.05, 3.63) is 35.2 Å². The number of fused-ring (bicyclic) bond motifs is 1. The van der Waals surface area contributed by atoms with Crippen molar-refractivity contribution < 1.29 is 14.3 Å². The summed E-state index contributed by atoms with van der Waals surface area (Å²) in [6.07, 6.45) is 3.22. The predicted octanol–water partition coefficient (Wildman–Crippen LogP) is 2.12. The molecule has 2 rings (SSSR count). The highest BCUT2D eigenvalue weighted by Crippen LogP contribution is 2.24. The molecule has 2 aromatic rings. The lowest BCUT2D eigenvalue weighted by molar-refractivity contribution is -0.137. The first-order valence-corrected chi connectivity index (χ1v) is 6.43. The molecule has 21 heavy (non-hydrogen) atoms. The molecule has 0 aromatic carbocycles. The van der Waals surface area contributed by atoms with Gasteiger partial charge in [-0.05, 0) is 31.6 Å². The highest BCUT2D eigenvalue weighted by atomic mass is 16.5. The Morgan fingerprint density at radius 2 is 2.33 bits per heavy atom. The van der Waals surface area contributed by atoms with E-state index in [9.17, 15) is 4.79 Å². The zero-order valence-electron chi connectivity index (χ0n) is 12.1. The number of carbonyl (C=O) groups excluding carboxylic acids is 1. The molecule has 0 bridgehead atoms. The summed E-state index contributed by atoms with van der Waals surface area (Å²) in [5.74, 6) is -0.314. The summed E-state index contributed by atoms with van der Waals surface area (Å²) in [5.41, 5.74) is 2.10. The maximum atomic E-state index is 11.7. The first kappa shape index (κ1) is 14.6. The number of hydrogen-bond acceptors (Lipinski definition) is 5. The van der Waals surface area contributed by atoms with Crippen molar-refractivity contribution in [3.63, 3.8) is 0 Å². The van der Waals surface area contributed by atoms with Gasteiger partial charge in [0.25, 0.3) is 0 Å². The summed E-state index contributed by atoms with van der Waals surface area (Å²) < 4.78 is 11.9. The molecule has 6 heteroatoms. The fraction of sp³-hybridized carbons (Fsp3) is 0.267. The Kier molecular flexibility index (Phi) is 4.24. The molecule has 0 saturated heterocycles. The maximum absolute atomic E-state index is 11.7. The molecular formula is C15H15N3O3. The second kappa shape index (κ2) is 6.09. The van der Waals surface area contributed by atoms with E-state index in [2.05, 4.69) is 4.98 Å². The summed E-state index contributed by atoms with van der Waals surface area (Å²) in [6.45, 7) is 3.82. The minimum absolute atomic E-state index is 0.0987. The first-order chi connectivity index (χ1) is 10.1. The second-order valence-electron chi connectivity index (χ2n) is 4.28. The Morgan fingerprint density at radius 3 is 2.95 bits per heavy atom. The van der Waals surface area contributed by atoms with Crippen LogP contribution in [0.15, 0.2) is 23.9 Å². The molecule has 2 heterocycles. The molecular weight excluding hydrogens is 270 g/mol. The van der Waals surface area contributed by atoms with Crippen molar-refractivity contribution in [1.82, 2.24) is 9.38 Å². The number of carbonyl (C=O) groups is 1. The minimum Gasteiger partial charge on any atom is -0.479 e. The average molecular weight is 285 g/mol. The van der Waals surface area contributed by atoms with Crippen LogP contribution in [-0.4, -0.2) is 29.1 Å². The van der Waals surface area contributed by atoms with Gasteiger partial charge in [0.15, 0.2) is 0 Å². The van der Waals surface area contributed by atoms with Crippen LogP contribution in [0.4, 0.5) is 0 Å². The number of imidazole rings is 1. The van der Waals surface area contributed by atoms with Gasteiger partial charge in [-0.25, -0.2) is 4.79 Å². The second-order valence-corrected chi connectivity index (χ2v) is 4.28. The summed E-state index contributed by atoms with van der Waals surface area (Å²) >= 11 is 0. The molecule has 0 saturated carbocycles. The Morgan fingerprint density at radius 1 is 1.57 bits per heavy atom. The van der Waals surface area contributed by atoms with Gasteiger partial charge in [0, 0.05) is 6.20 Å². The third-order valence-corrected chi connectivity index (χ3v) is 2.94. The van der Waals surface area contributed by atoms with Crippen LogP contribution in [0.2, 0.25) is 0 Å². The SMILES string of the molecule is CCOC(=O)C(C#N)=Cc1c(OC)nc2c(C)cccn12. The molecule has 0 radical (unpaired) electrons. The van der Waals surface area contributed by atoms with Gasteiger partial charge in [-0.15, -0.1) is 0 Å². The van der Waals surface area contributed by atoms with E-state index in [4.69, 9.17) is 14.7 Å². The van der Waals surface area contributed by atoms with E-state index in [1.807, 2.05) is 25.1 Å². The number of ether oxygens (including phenoxy) is 2. The molecule has 0 aliphatic heterocycles. The van der Waals surface area contributed by atoms with Gasteiger partial charge < -0.3 is 9.47 Å². The van der Waals surface area contributed by atoms with Crippen LogP contribution >= 0.6 is 0 Å². The third kappa shape index (κ3) is 2.72. The maximum Gasteiger partial charge on any atom is 0.348 e. The number of pyridine rings is 1. The molecule has 0 spiro atoms. The van der Waals surface area contributed by atoms with Crippen LogP contribution in [-0.2, 0) is 9.53 Å². The average Bonchev–Trinajstić information content (AvgIpc) is 2.84. The van der Waals surface area contributed by atoms with Gasteiger partial charge in [-0.3, -0.25) is 4.40 Å². The van der Waals surface area contributed by atoms with Crippen molar-refractivity contribution in [2.45, 2.75) is 13.8 Å². The number of nitrogens with zero attached hydrogens (tertiary/aromatic N) is 3. The highest BCUT2D eigenvalue weighted by molar-refractivity contribution is 5.98. The van der Waals surface area contributed by atoms with Crippen LogP contribution in [0.3, 0.4) is 0 Å². The Labute approximate surface area is 122 Å². The van der Waals surface area contributed by atoms with Gasteiger partial charge >= 0.3 is 5.97 Å². The van der Waals surface area contributed by atoms with Crippen molar-refractivity contribution in [2.75, 3.05) is 13.7 Å². The van der Waals surface area contributed by atoms with Gasteiger partial charge in [0.1, 0.15) is 23.0 Å². The monoisotopic (exact) mass is 285 g/mol. The van der Waals surface area contributed by atoms with Crippen LogP contribution in [0.5, 0.6) is 5.88 Å². The molecule has 108 valence electrons. The molecule has 2 aromatic heterocycles. The van der Waals surface area contributed by atoms with Gasteiger partial charge in [-0.1, -0.05) is 6.07 Å². The molecule has 0 N–H and O–H groups in total. The van der Waals surface area contributed by atoms with Crippen molar-refractivity contribution >= 4 is 17.7 Å². The van der Waals surface area contributed by atoms with E-state index in [1.165, 1.54) is 13.2 Å². The van der Waals surface area contributed by atoms with Crippen molar-refractivity contribution in [1.29, 1.82) is 5.26 Å². The van der Waals surface area contributed by atoms with Crippen LogP contribution in [0.25, 0.3) is 11.7 Å². The molecule has 0 unspecified atom stereocenters. The Bertz CT molecular complexity index is 753. The fourth-order valence-electron chi connectivity index (χ4n) is 1.97. The van der Waals surface area contributed by atoms with Gasteiger partial charge in [0.05, 0.1) is 13.7 Å². The molecule has 0 aliphatic carbocycles. The van der Waals surface area contributed by atoms with Gasteiger partial charge in [0.2, 0.25) is 5.88 Å². The number of nitriles is 1. The smallest absolute Gasteiger partial charge is 0.348 e. The lowest BCUT2D eigenvalue weighted by Gasteiger charge is -2.02. The number of hydrogen-bond donors (Lipinski definition) is 0. The van der Waals surface area contributed by atoms with E-state index >= 15 is 0 Å². The van der Waals surface area contributed by atoms with E-state index in [1.54, 1.807) is 17.5 Å². The van der Waals surface area contributed by atoms with Crippen molar-refractivity contribution in [2.24, 2.45) is 0 Å². The van der Waals surface area contributed by atoms with E-state index in [0.29, 0.717) is 17.2 Å². The number of esters is 1. The number of rotatable bonds is 4. The molecule has 0 aliphatic rings. The van der Waals surface area contributed by atoms with Crippen LogP contribution in [0.1, 0.15) is 18.2 Å². The van der Waals surface area contributed by atoms with Crippen molar-refractivity contribution in [3.8, 4) is 11.9 Å². The molecule has 6 nitrogen and oxygen atoms in total. The predicted molar refractivity (Wildman–Crippen MR) is 76.7 cm³/mol. The Balaban J connectivity index is 2.62. The van der Waals surface area contributed by atoms with Crippen LogP contribution < -0.4 is 4.74 Å². The number of aryl methyl sites for hydroxylation is 1. The van der Waals surface area contributed by atoms with E-state index < -0.39 is 5.97 Å². The number of methoxy groups -OCH3 is 1. The normalized spacial score (nSPS) is 11.2. The first-order valence-electron chi connectivity index (χ1n) is 6.43. The van der Waals surface area contributed by atoms with E-state index in [0.717, 1.165) is 5.56 Å². The zero-order chi connectivity index (χ0) is 15.4. The molecule has 0 amide bonds. The topological polar surface area (TPSA) is 76.6 Å². The number of aromatic nitrogens is 2. The third-order valence-electron chi connectivity index (χ3n) is 2.94. The zero-order valence-corrected chi connectivity index (χ0v) is 12.1. The molecule has 0 fully saturated rings. The summed E-state index contributed by atoms with van der Waals surface area (Å²) in [7, 11) is 1.49. The Hall–Kier alpha value is -2.81. The minimum atomic E-state index is -0.662. The lowest BCUT2D eigenvalue weighted by atomic mass is 10.2. The summed E-state index contributed by atoms with van der Waals surface area (Å²) in [6, 6.07) is 5.63. The summed E-state index contributed by atoms with van der Waals surface area (Å²) in [5, 5.41) is 9.12. The fourth-order valence-corrected chi connectivity index (χ4v) is 1.97. The standard InChI is InChI=1S/C15H15N3O3/c1-4-21-15(19)11(9-16)8-12-14(20-3)17-13-10(2)6-5-7-18(12)13/h5-8H,4H2,1-3H3. The lowest BCUT2D eigenvalue weighted by Crippen LogP contribution is -2.06. The van der Waals surface area contributed by atoms with E-state index in [-0.39, 0.29) is 12.2 Å². The highest BCUT2D eigenvalue weighted by Gasteiger charge is 2.16. The quantitative estimate of drug-likeness (QED) is 0.488. The van der Waals surface area contributed by atoms with Crippen LogP contribution in [0, 0.1) is 18.3 Å². The largest absolute Gasteiger partial charge is 0.479 e. The van der Waals surface area contributed by atoms with Gasteiger partial charge in [-0.2, -0.15) is 10.2 Å².